The van der Waals surface area contributed by atoms with Gasteiger partial charge >= 0.3 is 0 Å². The molecule has 25 heavy (non-hydrogen) atoms. The lowest BCUT2D eigenvalue weighted by Gasteiger charge is -2.36. The first-order chi connectivity index (χ1) is 12.3. The first-order valence-electron chi connectivity index (χ1n) is 9.92. The van der Waals surface area contributed by atoms with Crippen molar-refractivity contribution in [3.63, 3.8) is 0 Å². The number of hydrogen-bond acceptors (Lipinski definition) is 5. The fraction of sp³-hybridized carbons (Fsp3) is 0.700. The number of benzene rings is 1. The van der Waals surface area contributed by atoms with Gasteiger partial charge in [-0.3, -0.25) is 0 Å². The van der Waals surface area contributed by atoms with E-state index in [-0.39, 0.29) is 6.10 Å². The van der Waals surface area contributed by atoms with E-state index in [0.717, 1.165) is 58.9 Å². The van der Waals surface area contributed by atoms with Crippen LogP contribution in [0.1, 0.15) is 25.3 Å². The predicted octanol–water partition coefficient (Wildman–Crippen LogP) is 1.37. The van der Waals surface area contributed by atoms with Crippen LogP contribution < -0.4 is 10.2 Å². The van der Waals surface area contributed by atoms with Crippen LogP contribution in [0.2, 0.25) is 0 Å². The Kier molecular flexibility index (Phi) is 7.11. The van der Waals surface area contributed by atoms with E-state index in [4.69, 9.17) is 0 Å². The van der Waals surface area contributed by atoms with Crippen LogP contribution in [0.5, 0.6) is 0 Å². The molecule has 1 aromatic rings. The van der Waals surface area contributed by atoms with Gasteiger partial charge in [0.15, 0.2) is 0 Å². The van der Waals surface area contributed by atoms with E-state index in [1.54, 1.807) is 0 Å². The maximum Gasteiger partial charge on any atom is 0.0791 e. The lowest BCUT2D eigenvalue weighted by Crippen LogP contribution is -2.46. The van der Waals surface area contributed by atoms with Crippen LogP contribution in [0, 0.1) is 0 Å². The summed E-state index contributed by atoms with van der Waals surface area (Å²) in [6, 6.07) is 8.69. The van der Waals surface area contributed by atoms with Gasteiger partial charge in [0.2, 0.25) is 0 Å². The zero-order chi connectivity index (χ0) is 17.5. The number of aliphatic hydroxyl groups is 1. The summed E-state index contributed by atoms with van der Waals surface area (Å²) in [6.07, 6.45) is 2.27. The van der Waals surface area contributed by atoms with Crippen molar-refractivity contribution in [3.05, 3.63) is 29.8 Å². The van der Waals surface area contributed by atoms with E-state index in [9.17, 15) is 5.11 Å². The minimum atomic E-state index is -0.279. The van der Waals surface area contributed by atoms with Crippen molar-refractivity contribution in [2.24, 2.45) is 0 Å². The minimum Gasteiger partial charge on any atom is -0.390 e. The third kappa shape index (κ3) is 5.42. The van der Waals surface area contributed by atoms with Crippen LogP contribution in [-0.2, 0) is 6.54 Å². The summed E-state index contributed by atoms with van der Waals surface area (Å²) in [4.78, 5) is 7.38. The molecule has 2 N–H and O–H groups in total. The predicted molar refractivity (Wildman–Crippen MR) is 104 cm³/mol. The molecule has 1 atom stereocenters. The zero-order valence-electron chi connectivity index (χ0n) is 15.7. The largest absolute Gasteiger partial charge is 0.390 e. The van der Waals surface area contributed by atoms with Crippen molar-refractivity contribution in [2.45, 2.75) is 32.4 Å². The topological polar surface area (TPSA) is 42.0 Å². The highest BCUT2D eigenvalue weighted by Gasteiger charge is 2.18. The molecule has 0 aromatic heterocycles. The van der Waals surface area contributed by atoms with Gasteiger partial charge in [-0.15, -0.1) is 0 Å². The van der Waals surface area contributed by atoms with Gasteiger partial charge in [-0.25, -0.2) is 0 Å². The monoisotopic (exact) mass is 346 g/mol. The molecule has 2 heterocycles. The molecule has 0 saturated carbocycles. The van der Waals surface area contributed by atoms with Crippen LogP contribution in [0.25, 0.3) is 0 Å². The van der Waals surface area contributed by atoms with Crippen molar-refractivity contribution in [2.75, 3.05) is 63.8 Å². The van der Waals surface area contributed by atoms with Crippen molar-refractivity contribution in [1.82, 2.24) is 15.1 Å². The molecule has 5 nitrogen and oxygen atoms in total. The Morgan fingerprint density at radius 3 is 2.44 bits per heavy atom. The molecule has 0 spiro atoms. The van der Waals surface area contributed by atoms with Crippen LogP contribution in [0.3, 0.4) is 0 Å². The quantitative estimate of drug-likeness (QED) is 0.744. The maximum absolute atomic E-state index is 10.2. The molecule has 5 heteroatoms. The molecule has 140 valence electrons. The number of likely N-dealkylation sites (N-methyl/N-ethyl adjacent to an activating group) is 1. The number of piperazine rings is 1. The minimum absolute atomic E-state index is 0.279. The second kappa shape index (κ2) is 9.53. The Morgan fingerprint density at radius 1 is 1.00 bits per heavy atom. The van der Waals surface area contributed by atoms with Crippen LogP contribution in [-0.4, -0.2) is 79.9 Å². The van der Waals surface area contributed by atoms with Crippen LogP contribution >= 0.6 is 0 Å². The number of hydrogen-bond donors (Lipinski definition) is 2. The average Bonchev–Trinajstić information content (AvgIpc) is 3.15. The van der Waals surface area contributed by atoms with Crippen molar-refractivity contribution in [1.29, 1.82) is 0 Å². The number of nitrogens with one attached hydrogen (secondary N) is 1. The summed E-state index contributed by atoms with van der Waals surface area (Å²) in [5, 5.41) is 13.7. The van der Waals surface area contributed by atoms with E-state index in [0.29, 0.717) is 6.54 Å². The number of aliphatic hydroxyl groups excluding tert-OH is 1. The molecule has 0 aliphatic carbocycles. The molecular weight excluding hydrogens is 312 g/mol. The number of nitrogens with zero attached hydrogens (tertiary/aromatic N) is 3. The van der Waals surface area contributed by atoms with E-state index >= 15 is 0 Å². The van der Waals surface area contributed by atoms with Gasteiger partial charge in [-0.1, -0.05) is 25.1 Å². The normalized spacial score (nSPS) is 21.0. The Hall–Kier alpha value is -1.14. The Bertz CT molecular complexity index is 510. The molecule has 1 unspecified atom stereocenters. The highest BCUT2D eigenvalue weighted by molar-refractivity contribution is 5.54. The van der Waals surface area contributed by atoms with E-state index in [2.05, 4.69) is 51.2 Å². The lowest BCUT2D eigenvalue weighted by molar-refractivity contribution is 0.123. The first kappa shape index (κ1) is 18.6. The third-order valence-corrected chi connectivity index (χ3v) is 5.51. The molecule has 0 radical (unpaired) electrons. The fourth-order valence-corrected chi connectivity index (χ4v) is 3.98. The lowest BCUT2D eigenvalue weighted by atomic mass is 10.1. The summed E-state index contributed by atoms with van der Waals surface area (Å²) >= 11 is 0. The number of para-hydroxylation sites is 1. The van der Waals surface area contributed by atoms with Crippen molar-refractivity contribution in [3.8, 4) is 0 Å². The summed E-state index contributed by atoms with van der Waals surface area (Å²) in [5.41, 5.74) is 2.68. The highest BCUT2D eigenvalue weighted by Crippen LogP contribution is 2.21. The van der Waals surface area contributed by atoms with Gasteiger partial charge in [-0.05, 0) is 44.1 Å². The molecule has 2 fully saturated rings. The second-order valence-corrected chi connectivity index (χ2v) is 7.34. The number of rotatable bonds is 8. The Balaban J connectivity index is 1.47. The highest BCUT2D eigenvalue weighted by atomic mass is 16.3. The Morgan fingerprint density at radius 2 is 1.72 bits per heavy atom. The third-order valence-electron chi connectivity index (χ3n) is 5.51. The van der Waals surface area contributed by atoms with Crippen molar-refractivity contribution < 1.29 is 5.11 Å². The molecular formula is C20H34N4O. The smallest absolute Gasteiger partial charge is 0.0791 e. The van der Waals surface area contributed by atoms with Gasteiger partial charge in [0.05, 0.1) is 6.10 Å². The molecule has 3 rings (SSSR count). The van der Waals surface area contributed by atoms with Gasteiger partial charge in [-0.2, -0.15) is 0 Å². The van der Waals surface area contributed by atoms with Gasteiger partial charge in [0.1, 0.15) is 0 Å². The first-order valence-corrected chi connectivity index (χ1v) is 9.92. The summed E-state index contributed by atoms with van der Waals surface area (Å²) in [7, 11) is 0. The molecule has 2 aliphatic rings. The van der Waals surface area contributed by atoms with Crippen LogP contribution in [0.4, 0.5) is 5.69 Å². The van der Waals surface area contributed by atoms with E-state index in [1.807, 2.05) is 0 Å². The summed E-state index contributed by atoms with van der Waals surface area (Å²) in [5.74, 6) is 0. The molecule has 0 bridgehead atoms. The number of anilines is 1. The van der Waals surface area contributed by atoms with E-state index in [1.165, 1.54) is 24.1 Å². The van der Waals surface area contributed by atoms with Gasteiger partial charge < -0.3 is 25.1 Å². The van der Waals surface area contributed by atoms with Gasteiger partial charge in [0, 0.05) is 51.5 Å². The van der Waals surface area contributed by atoms with Crippen molar-refractivity contribution >= 4 is 5.69 Å². The average molecular weight is 347 g/mol. The molecule has 2 aliphatic heterocycles. The molecule has 0 amide bonds. The number of likely N-dealkylation sites (tertiary alicyclic amines) is 1. The van der Waals surface area contributed by atoms with Crippen LogP contribution in [0.15, 0.2) is 24.3 Å². The summed E-state index contributed by atoms with van der Waals surface area (Å²) < 4.78 is 0. The number of β-amino-alcohol motifs (C(OH)–C–C–N with tert-alkyl or cyclic N) is 1. The fourth-order valence-electron chi connectivity index (χ4n) is 3.98. The molecule has 2 saturated heterocycles. The van der Waals surface area contributed by atoms with E-state index < -0.39 is 0 Å². The Labute approximate surface area is 152 Å². The summed E-state index contributed by atoms with van der Waals surface area (Å²) in [6.45, 7) is 12.4. The maximum atomic E-state index is 10.2. The zero-order valence-corrected chi connectivity index (χ0v) is 15.7. The SMILES string of the molecule is CCN1CCN(c2ccccc2CNCC(O)CN2CCCC2)CC1. The molecule has 1 aromatic carbocycles. The standard InChI is InChI=1S/C20H34N4O/c1-2-22-11-13-24(14-12-22)20-8-4-3-7-18(20)15-21-16-19(25)17-23-9-5-6-10-23/h3-4,7-8,19,21,25H,2,5-6,9-17H2,1H3. The second-order valence-electron chi connectivity index (χ2n) is 7.34. The van der Waals surface area contributed by atoms with Gasteiger partial charge in [0.25, 0.3) is 0 Å².